The van der Waals surface area contributed by atoms with Crippen LogP contribution < -0.4 is 5.32 Å². The molecular formula is C21H27N3O2. The quantitative estimate of drug-likeness (QED) is 0.916. The van der Waals surface area contributed by atoms with E-state index in [-0.39, 0.29) is 11.3 Å². The lowest BCUT2D eigenvalue weighted by Crippen LogP contribution is -2.38. The summed E-state index contributed by atoms with van der Waals surface area (Å²) in [7, 11) is 0. The molecule has 0 spiro atoms. The summed E-state index contributed by atoms with van der Waals surface area (Å²) in [5.74, 6) is 0.0987. The standard InChI is InChI=1S/C21H27N3O2/c1-15-19(14-22-24(15)18-8-11-26-12-9-18)23-20(25)21(2)10-7-16-5-3-4-6-17(16)13-21/h3-6,14,18H,7-13H2,1-2H3,(H,23,25). The highest BCUT2D eigenvalue weighted by molar-refractivity contribution is 5.95. The molecular weight excluding hydrogens is 326 g/mol. The van der Waals surface area contributed by atoms with Crippen molar-refractivity contribution in [1.82, 2.24) is 9.78 Å². The van der Waals surface area contributed by atoms with Gasteiger partial charge in [0, 0.05) is 13.2 Å². The van der Waals surface area contributed by atoms with Crippen molar-refractivity contribution >= 4 is 11.6 Å². The molecule has 2 heterocycles. The second-order valence-corrected chi connectivity index (χ2v) is 7.89. The maximum absolute atomic E-state index is 13.1. The van der Waals surface area contributed by atoms with Gasteiger partial charge in [-0.3, -0.25) is 9.48 Å². The molecule has 1 fully saturated rings. The molecule has 1 atom stereocenters. The van der Waals surface area contributed by atoms with E-state index in [1.54, 1.807) is 6.20 Å². The van der Waals surface area contributed by atoms with E-state index in [1.807, 2.05) is 6.92 Å². The molecule has 1 aromatic heterocycles. The number of hydrogen-bond donors (Lipinski definition) is 1. The molecule has 1 unspecified atom stereocenters. The van der Waals surface area contributed by atoms with Crippen LogP contribution in [0.25, 0.3) is 0 Å². The fourth-order valence-corrected chi connectivity index (χ4v) is 4.20. The minimum Gasteiger partial charge on any atom is -0.381 e. The van der Waals surface area contributed by atoms with Gasteiger partial charge in [0.05, 0.1) is 29.0 Å². The van der Waals surface area contributed by atoms with Crippen LogP contribution in [-0.2, 0) is 22.4 Å². The van der Waals surface area contributed by atoms with Gasteiger partial charge in [-0.15, -0.1) is 0 Å². The van der Waals surface area contributed by atoms with Gasteiger partial charge in [-0.2, -0.15) is 5.10 Å². The highest BCUT2D eigenvalue weighted by Gasteiger charge is 2.37. The molecule has 0 bridgehead atoms. The number of carbonyl (C=O) groups excluding carboxylic acids is 1. The number of anilines is 1. The number of aryl methyl sites for hydroxylation is 1. The van der Waals surface area contributed by atoms with Gasteiger partial charge in [0.25, 0.3) is 0 Å². The third kappa shape index (κ3) is 3.16. The zero-order valence-corrected chi connectivity index (χ0v) is 15.6. The Morgan fingerprint density at radius 1 is 1.27 bits per heavy atom. The highest BCUT2D eigenvalue weighted by Crippen LogP contribution is 2.36. The number of fused-ring (bicyclic) bond motifs is 1. The molecule has 1 saturated heterocycles. The zero-order chi connectivity index (χ0) is 18.1. The Kier molecular flexibility index (Phi) is 4.57. The molecule has 26 heavy (non-hydrogen) atoms. The Morgan fingerprint density at radius 2 is 2.00 bits per heavy atom. The number of ether oxygens (including phenoxy) is 1. The molecule has 1 aromatic carbocycles. The number of hydrogen-bond acceptors (Lipinski definition) is 3. The van der Waals surface area contributed by atoms with Gasteiger partial charge >= 0.3 is 0 Å². The molecule has 1 N–H and O–H groups in total. The van der Waals surface area contributed by atoms with E-state index in [1.165, 1.54) is 11.1 Å². The van der Waals surface area contributed by atoms with Gasteiger partial charge in [-0.05, 0) is 50.2 Å². The van der Waals surface area contributed by atoms with Crippen LogP contribution in [0, 0.1) is 12.3 Å². The van der Waals surface area contributed by atoms with Gasteiger partial charge < -0.3 is 10.1 Å². The number of amides is 1. The van der Waals surface area contributed by atoms with Crippen molar-refractivity contribution in [3.8, 4) is 0 Å². The third-order valence-corrected chi connectivity index (χ3v) is 6.02. The van der Waals surface area contributed by atoms with E-state index in [2.05, 4.69) is 46.3 Å². The fraction of sp³-hybridized carbons (Fsp3) is 0.524. The van der Waals surface area contributed by atoms with Crippen molar-refractivity contribution in [2.45, 2.75) is 52.0 Å². The summed E-state index contributed by atoms with van der Waals surface area (Å²) in [5.41, 5.74) is 4.17. The lowest BCUT2D eigenvalue weighted by atomic mass is 9.72. The Hall–Kier alpha value is -2.14. The summed E-state index contributed by atoms with van der Waals surface area (Å²) in [6, 6.07) is 8.83. The summed E-state index contributed by atoms with van der Waals surface area (Å²) in [4.78, 5) is 13.1. The van der Waals surface area contributed by atoms with Gasteiger partial charge in [0.2, 0.25) is 5.91 Å². The largest absolute Gasteiger partial charge is 0.381 e. The monoisotopic (exact) mass is 353 g/mol. The molecule has 1 amide bonds. The summed E-state index contributed by atoms with van der Waals surface area (Å²) in [5, 5.41) is 7.70. The molecule has 1 aliphatic carbocycles. The minimum atomic E-state index is -0.373. The van der Waals surface area contributed by atoms with Gasteiger partial charge in [0.15, 0.2) is 0 Å². The van der Waals surface area contributed by atoms with Crippen LogP contribution in [0.1, 0.15) is 49.0 Å². The first-order chi connectivity index (χ1) is 12.6. The number of nitrogens with one attached hydrogen (secondary N) is 1. The Labute approximate surface area is 154 Å². The maximum Gasteiger partial charge on any atom is 0.230 e. The first kappa shape index (κ1) is 17.3. The predicted octanol–water partition coefficient (Wildman–Crippen LogP) is 3.68. The molecule has 2 aromatic rings. The molecule has 5 heteroatoms. The van der Waals surface area contributed by atoms with Crippen molar-refractivity contribution in [3.63, 3.8) is 0 Å². The van der Waals surface area contributed by atoms with Crippen LogP contribution in [0.3, 0.4) is 0 Å². The van der Waals surface area contributed by atoms with Crippen LogP contribution in [0.15, 0.2) is 30.5 Å². The lowest BCUT2D eigenvalue weighted by molar-refractivity contribution is -0.125. The summed E-state index contributed by atoms with van der Waals surface area (Å²) >= 11 is 0. The van der Waals surface area contributed by atoms with Gasteiger partial charge in [-0.1, -0.05) is 31.2 Å². The second-order valence-electron chi connectivity index (χ2n) is 7.89. The first-order valence-corrected chi connectivity index (χ1v) is 9.57. The van der Waals surface area contributed by atoms with Crippen LogP contribution in [0.5, 0.6) is 0 Å². The second kappa shape index (κ2) is 6.88. The first-order valence-electron chi connectivity index (χ1n) is 9.57. The SMILES string of the molecule is Cc1c(NC(=O)C2(C)CCc3ccccc3C2)cnn1C1CCOCC1. The number of nitrogens with zero attached hydrogens (tertiary/aromatic N) is 2. The van der Waals surface area contributed by atoms with Crippen LogP contribution in [0.2, 0.25) is 0 Å². The fourth-order valence-electron chi connectivity index (χ4n) is 4.20. The molecule has 4 rings (SSSR count). The van der Waals surface area contributed by atoms with Gasteiger partial charge in [-0.25, -0.2) is 0 Å². The normalized spacial score (nSPS) is 23.5. The van der Waals surface area contributed by atoms with Crippen molar-refractivity contribution in [2.75, 3.05) is 18.5 Å². The van der Waals surface area contributed by atoms with Gasteiger partial charge in [0.1, 0.15) is 0 Å². The van der Waals surface area contributed by atoms with Crippen molar-refractivity contribution in [3.05, 3.63) is 47.3 Å². The van der Waals surface area contributed by atoms with Crippen LogP contribution in [0.4, 0.5) is 5.69 Å². The molecule has 2 aliphatic rings. The number of carbonyl (C=O) groups is 1. The Morgan fingerprint density at radius 3 is 2.77 bits per heavy atom. The lowest BCUT2D eigenvalue weighted by Gasteiger charge is -2.33. The topological polar surface area (TPSA) is 56.2 Å². The van der Waals surface area contributed by atoms with Crippen molar-refractivity contribution in [1.29, 1.82) is 0 Å². The number of benzene rings is 1. The molecule has 1 aliphatic heterocycles. The minimum absolute atomic E-state index is 0.0987. The van der Waals surface area contributed by atoms with Crippen molar-refractivity contribution < 1.29 is 9.53 Å². The van der Waals surface area contributed by atoms with Crippen LogP contribution >= 0.6 is 0 Å². The summed E-state index contributed by atoms with van der Waals surface area (Å²) in [6.45, 7) is 5.68. The summed E-state index contributed by atoms with van der Waals surface area (Å²) in [6.07, 6.45) is 6.38. The third-order valence-electron chi connectivity index (χ3n) is 6.02. The van der Waals surface area contributed by atoms with Crippen molar-refractivity contribution in [2.24, 2.45) is 5.41 Å². The average molecular weight is 353 g/mol. The molecule has 138 valence electrons. The molecule has 0 saturated carbocycles. The van der Waals surface area contributed by atoms with E-state index in [9.17, 15) is 4.79 Å². The maximum atomic E-state index is 13.1. The highest BCUT2D eigenvalue weighted by atomic mass is 16.5. The molecule has 0 radical (unpaired) electrons. The Balaban J connectivity index is 1.49. The predicted molar refractivity (Wildman–Crippen MR) is 101 cm³/mol. The van der Waals surface area contributed by atoms with E-state index in [0.29, 0.717) is 6.04 Å². The summed E-state index contributed by atoms with van der Waals surface area (Å²) < 4.78 is 7.50. The van der Waals surface area contributed by atoms with Crippen LogP contribution in [-0.4, -0.2) is 28.9 Å². The average Bonchev–Trinajstić information content (AvgIpc) is 3.03. The smallest absolute Gasteiger partial charge is 0.230 e. The molecule has 5 nitrogen and oxygen atoms in total. The van der Waals surface area contributed by atoms with E-state index >= 15 is 0 Å². The Bertz CT molecular complexity index is 807. The van der Waals surface area contributed by atoms with E-state index < -0.39 is 0 Å². The zero-order valence-electron chi connectivity index (χ0n) is 15.6. The number of aromatic nitrogens is 2. The van der Waals surface area contributed by atoms with E-state index in [4.69, 9.17) is 4.74 Å². The number of rotatable bonds is 3. The van der Waals surface area contributed by atoms with E-state index in [0.717, 1.165) is 56.7 Å².